The quantitative estimate of drug-likeness (QED) is 0.243. The first kappa shape index (κ1) is 30.1. The van der Waals surface area contributed by atoms with Crippen LogP contribution < -0.4 is 0 Å². The highest BCUT2D eigenvalue weighted by atomic mass is 16.8. The molecule has 0 radical (unpaired) electrons. The van der Waals surface area contributed by atoms with E-state index in [0.717, 1.165) is 49.7 Å². The van der Waals surface area contributed by atoms with E-state index >= 15 is 0 Å². The Balaban J connectivity index is 1.17. The Morgan fingerprint density at radius 3 is 2.38 bits per heavy atom. The van der Waals surface area contributed by atoms with Crippen LogP contribution >= 0.6 is 0 Å². The van der Waals surface area contributed by atoms with Crippen LogP contribution in [0.15, 0.2) is 49.1 Å². The van der Waals surface area contributed by atoms with Gasteiger partial charge in [0.1, 0.15) is 52.6 Å². The van der Waals surface area contributed by atoms with Gasteiger partial charge in [0.05, 0.1) is 12.2 Å². The minimum absolute atomic E-state index is 0.00953. The predicted molar refractivity (Wildman–Crippen MR) is 172 cm³/mol. The first-order valence-corrected chi connectivity index (χ1v) is 18.3. The number of epoxide rings is 1. The number of hydrogen-bond acceptors (Lipinski definition) is 8. The summed E-state index contributed by atoms with van der Waals surface area (Å²) in [6.07, 6.45) is 4.33. The van der Waals surface area contributed by atoms with Crippen molar-refractivity contribution in [2.24, 2.45) is 35.5 Å². The summed E-state index contributed by atoms with van der Waals surface area (Å²) in [5.74, 6) is -0.350. The molecule has 0 amide bonds. The molecule has 11 fully saturated rings. The molecule has 7 aliphatic heterocycles. The highest BCUT2D eigenvalue weighted by molar-refractivity contribution is 5.67. The summed E-state index contributed by atoms with van der Waals surface area (Å²) in [7, 11) is 0. The van der Waals surface area contributed by atoms with Gasteiger partial charge >= 0.3 is 0 Å². The fraction of sp³-hybridized carbons (Fsp3) is 0.744. The lowest BCUT2D eigenvalue weighted by atomic mass is 9.20. The zero-order chi connectivity index (χ0) is 32.7. The molecule has 0 unspecified atom stereocenters. The average molecular weight is 647 g/mol. The predicted octanol–water partition coefficient (Wildman–Crippen LogP) is 4.55. The van der Waals surface area contributed by atoms with Crippen LogP contribution in [0, 0.1) is 35.5 Å². The number of fused-ring (bicyclic) bond motifs is 1. The van der Waals surface area contributed by atoms with E-state index in [1.54, 1.807) is 0 Å². The van der Waals surface area contributed by atoms with Crippen molar-refractivity contribution in [2.75, 3.05) is 6.61 Å². The van der Waals surface area contributed by atoms with Crippen molar-refractivity contribution in [3.05, 3.63) is 54.6 Å². The van der Waals surface area contributed by atoms with Crippen LogP contribution in [0.2, 0.25) is 0 Å². The standard InChI is InChI=1S/C39H50O8/c1-20(2)37-34-18-14-9-7-8-11-15-21(3)26-22(4)29(43-23(5)25-16-12-10-13-17-25)35(42)28(26)36-24(6)38(34,47-36)39(37,46-34)31(45-37)27(36)30-33(19-40,44-30)32(35)41/h10,12-13,16-17,21-22,24,26-32,40-42H,1,5,7-9,11,14-15,18-19H2,2-4,6H3/t21-,22-,24+,26-,27+,28-,29+,30+,31-,32+,33+,34-,35-,36-,37+,38-,39+/m0/s1. The van der Waals surface area contributed by atoms with Gasteiger partial charge in [-0.1, -0.05) is 103 Å². The Morgan fingerprint density at radius 2 is 1.68 bits per heavy atom. The highest BCUT2D eigenvalue weighted by Crippen LogP contribution is 2.97. The monoisotopic (exact) mass is 646 g/mol. The number of hydrogen-bond donors (Lipinski definition) is 3. The lowest BCUT2D eigenvalue weighted by molar-refractivity contribution is -0.744. The van der Waals surface area contributed by atoms with Gasteiger partial charge in [-0.2, -0.15) is 0 Å². The SMILES string of the molecule is C=C(O[C@@H]1[C@@H](C)[C@@H]2[C@@H](C)CCCCCCC[C@]34O[C@]56[C@@H](O[C@]35C(=C)C)[C@H]3[C@H]5O[C@@]5(CO)[C@@H](O)[C@]1(O)[C@H]2[C@@]31O[C@@]46[C@@H]1C)c1ccccc1. The lowest BCUT2D eigenvalue weighted by Gasteiger charge is -3.04. The molecule has 12 rings (SSSR count). The van der Waals surface area contributed by atoms with E-state index in [1.165, 1.54) is 6.42 Å². The molecular formula is C39H50O8. The molecule has 0 aromatic heterocycles. The summed E-state index contributed by atoms with van der Waals surface area (Å²) in [6, 6.07) is 9.73. The van der Waals surface area contributed by atoms with Gasteiger partial charge in [-0.3, -0.25) is 0 Å². The Labute approximate surface area is 277 Å². The van der Waals surface area contributed by atoms with Crippen molar-refractivity contribution in [1.82, 2.24) is 0 Å². The molecule has 4 saturated carbocycles. The summed E-state index contributed by atoms with van der Waals surface area (Å²) in [6.45, 7) is 17.2. The number of aliphatic hydroxyl groups excluding tert-OH is 2. The van der Waals surface area contributed by atoms with Crippen LogP contribution in [-0.2, 0) is 23.7 Å². The molecule has 4 bridgehead atoms. The molecule has 8 heteroatoms. The van der Waals surface area contributed by atoms with E-state index in [4.69, 9.17) is 23.7 Å². The largest absolute Gasteiger partial charge is 0.487 e. The molecule has 17 atom stereocenters. The second-order valence-electron chi connectivity index (χ2n) is 17.1. The first-order chi connectivity index (χ1) is 22.4. The van der Waals surface area contributed by atoms with Gasteiger partial charge in [-0.05, 0) is 36.7 Å². The summed E-state index contributed by atoms with van der Waals surface area (Å²) in [4.78, 5) is 0. The normalized spacial score (nSPS) is 60.1. The van der Waals surface area contributed by atoms with Crippen molar-refractivity contribution in [1.29, 1.82) is 0 Å². The zero-order valence-electron chi connectivity index (χ0n) is 28.1. The zero-order valence-corrected chi connectivity index (χ0v) is 28.1. The van der Waals surface area contributed by atoms with Crippen molar-refractivity contribution >= 4 is 5.76 Å². The molecule has 7 heterocycles. The van der Waals surface area contributed by atoms with Crippen molar-refractivity contribution in [3.63, 3.8) is 0 Å². The van der Waals surface area contributed by atoms with Crippen LogP contribution in [0.4, 0.5) is 0 Å². The van der Waals surface area contributed by atoms with Gasteiger partial charge < -0.3 is 39.0 Å². The molecule has 4 spiro atoms. The van der Waals surface area contributed by atoms with Gasteiger partial charge in [0.2, 0.25) is 0 Å². The fourth-order valence-electron chi connectivity index (χ4n) is 14.2. The fourth-order valence-corrected chi connectivity index (χ4v) is 14.2. The molecule has 3 N–H and O–H groups in total. The smallest absolute Gasteiger partial charge is 0.163 e. The second-order valence-corrected chi connectivity index (χ2v) is 17.1. The maximum Gasteiger partial charge on any atom is 0.163 e. The molecular weight excluding hydrogens is 596 g/mol. The molecule has 4 aliphatic carbocycles. The summed E-state index contributed by atoms with van der Waals surface area (Å²) >= 11 is 0. The van der Waals surface area contributed by atoms with Gasteiger partial charge in [-0.15, -0.1) is 0 Å². The average Bonchev–Trinajstić information content (AvgIpc) is 3.74. The third-order valence-electron chi connectivity index (χ3n) is 15.7. The van der Waals surface area contributed by atoms with Gasteiger partial charge in [0.25, 0.3) is 0 Å². The topological polar surface area (TPSA) is 110 Å². The Bertz CT molecular complexity index is 1580. The van der Waals surface area contributed by atoms with Crippen molar-refractivity contribution in [2.45, 2.75) is 136 Å². The summed E-state index contributed by atoms with van der Waals surface area (Å²) in [5, 5.41) is 37.2. The molecule has 47 heavy (non-hydrogen) atoms. The molecule has 7 saturated heterocycles. The highest BCUT2D eigenvalue weighted by Gasteiger charge is 3.17. The minimum Gasteiger partial charge on any atom is -0.487 e. The van der Waals surface area contributed by atoms with Crippen molar-refractivity contribution in [3.8, 4) is 0 Å². The van der Waals surface area contributed by atoms with Crippen LogP contribution in [0.3, 0.4) is 0 Å². The van der Waals surface area contributed by atoms with E-state index in [0.29, 0.717) is 5.76 Å². The Kier molecular flexibility index (Phi) is 5.59. The van der Waals surface area contributed by atoms with Gasteiger partial charge in [-0.25, -0.2) is 0 Å². The Morgan fingerprint density at radius 1 is 0.957 bits per heavy atom. The number of aliphatic hydroxyl groups is 3. The van der Waals surface area contributed by atoms with E-state index in [1.807, 2.05) is 30.3 Å². The molecule has 254 valence electrons. The van der Waals surface area contributed by atoms with Crippen LogP contribution in [0.25, 0.3) is 5.76 Å². The Hall–Kier alpha value is -1.78. The number of benzene rings is 1. The third-order valence-corrected chi connectivity index (χ3v) is 15.7. The van der Waals surface area contributed by atoms with E-state index in [-0.39, 0.29) is 35.7 Å². The van der Waals surface area contributed by atoms with E-state index in [2.05, 4.69) is 40.9 Å². The maximum atomic E-state index is 13.6. The third kappa shape index (κ3) is 2.60. The van der Waals surface area contributed by atoms with Gasteiger partial charge in [0.15, 0.2) is 11.2 Å². The van der Waals surface area contributed by atoms with Gasteiger partial charge in [0, 0.05) is 23.3 Å². The summed E-state index contributed by atoms with van der Waals surface area (Å²) in [5.41, 5.74) is -4.68. The van der Waals surface area contributed by atoms with E-state index in [9.17, 15) is 15.3 Å². The van der Waals surface area contributed by atoms with Crippen molar-refractivity contribution < 1.29 is 39.0 Å². The molecule has 1 aromatic carbocycles. The van der Waals surface area contributed by atoms with Crippen LogP contribution in [0.1, 0.15) is 78.2 Å². The molecule has 1 aromatic rings. The maximum absolute atomic E-state index is 13.6. The molecule has 11 aliphatic rings. The first-order valence-electron chi connectivity index (χ1n) is 18.3. The van der Waals surface area contributed by atoms with Crippen LogP contribution in [-0.4, -0.2) is 85.5 Å². The lowest BCUT2D eigenvalue weighted by Crippen LogP contribution is -3.24. The number of ether oxygens (including phenoxy) is 5. The summed E-state index contributed by atoms with van der Waals surface area (Å²) < 4.78 is 35.2. The molecule has 8 nitrogen and oxygen atoms in total. The minimum atomic E-state index is -1.79. The second kappa shape index (κ2) is 8.74. The van der Waals surface area contributed by atoms with E-state index < -0.39 is 70.0 Å². The number of rotatable bonds is 5. The van der Waals surface area contributed by atoms with Crippen LogP contribution in [0.5, 0.6) is 0 Å².